The van der Waals surface area contributed by atoms with E-state index in [-0.39, 0.29) is 24.0 Å². The highest BCUT2D eigenvalue weighted by Gasteiger charge is 2.22. The highest BCUT2D eigenvalue weighted by molar-refractivity contribution is 6.09. The summed E-state index contributed by atoms with van der Waals surface area (Å²) in [6, 6.07) is 10.5. The molecule has 1 aromatic heterocycles. The maximum atomic E-state index is 12.7. The van der Waals surface area contributed by atoms with E-state index in [1.54, 1.807) is 43.3 Å². The number of hydrogen-bond donors (Lipinski definition) is 3. The number of para-hydroxylation sites is 1. The van der Waals surface area contributed by atoms with Crippen LogP contribution in [-0.4, -0.2) is 34.1 Å². The van der Waals surface area contributed by atoms with Crippen molar-refractivity contribution in [2.75, 3.05) is 5.32 Å². The summed E-state index contributed by atoms with van der Waals surface area (Å²) in [5, 5.41) is 15.5. The number of aliphatic hydroxyl groups is 1. The fourth-order valence-electron chi connectivity index (χ4n) is 3.39. The first-order chi connectivity index (χ1) is 12.9. The van der Waals surface area contributed by atoms with Crippen LogP contribution in [-0.2, 0) is 0 Å². The molecule has 3 rings (SSSR count). The van der Waals surface area contributed by atoms with E-state index in [0.717, 1.165) is 18.5 Å². The van der Waals surface area contributed by atoms with Crippen LogP contribution in [0.5, 0.6) is 0 Å². The van der Waals surface area contributed by atoms with Gasteiger partial charge in [-0.2, -0.15) is 0 Å². The average Bonchev–Trinajstić information content (AvgIpc) is 2.64. The van der Waals surface area contributed by atoms with Gasteiger partial charge in [-0.05, 0) is 63.8 Å². The zero-order chi connectivity index (χ0) is 19.4. The molecule has 27 heavy (non-hydrogen) atoms. The summed E-state index contributed by atoms with van der Waals surface area (Å²) in [6.45, 7) is 3.66. The minimum atomic E-state index is -0.291. The van der Waals surface area contributed by atoms with Crippen molar-refractivity contribution < 1.29 is 14.7 Å². The molecule has 0 saturated heterocycles. The van der Waals surface area contributed by atoms with Gasteiger partial charge in [0.25, 0.3) is 11.8 Å². The summed E-state index contributed by atoms with van der Waals surface area (Å²) in [7, 11) is 0. The number of aliphatic hydroxyl groups excluding tert-OH is 1. The minimum absolute atomic E-state index is 0.0493. The van der Waals surface area contributed by atoms with E-state index >= 15 is 0 Å². The molecule has 0 bridgehead atoms. The number of anilines is 1. The molecule has 2 amide bonds. The second-order valence-corrected chi connectivity index (χ2v) is 7.06. The third-order valence-electron chi connectivity index (χ3n) is 4.92. The molecule has 0 aliphatic heterocycles. The van der Waals surface area contributed by atoms with Crippen LogP contribution in [0, 0.1) is 13.8 Å². The van der Waals surface area contributed by atoms with Crippen molar-refractivity contribution >= 4 is 17.5 Å². The maximum absolute atomic E-state index is 12.7. The Hall–Kier alpha value is -2.73. The molecule has 2 aromatic rings. The molecule has 1 fully saturated rings. The van der Waals surface area contributed by atoms with Crippen LogP contribution in [0.4, 0.5) is 5.69 Å². The smallest absolute Gasteiger partial charge is 0.257 e. The molecule has 0 unspecified atom stereocenters. The fraction of sp³-hybridized carbons (Fsp3) is 0.381. The Morgan fingerprint density at radius 2 is 1.67 bits per heavy atom. The van der Waals surface area contributed by atoms with E-state index in [1.165, 1.54) is 0 Å². The van der Waals surface area contributed by atoms with Gasteiger partial charge >= 0.3 is 0 Å². The molecule has 6 heteroatoms. The Bertz CT molecular complexity index is 842. The molecule has 1 aliphatic rings. The fourth-order valence-corrected chi connectivity index (χ4v) is 3.39. The largest absolute Gasteiger partial charge is 0.393 e. The van der Waals surface area contributed by atoms with Crippen LogP contribution in [0.2, 0.25) is 0 Å². The second kappa shape index (κ2) is 8.31. The number of pyridine rings is 1. The Balaban J connectivity index is 1.73. The predicted octanol–water partition coefficient (Wildman–Crippen LogP) is 2.98. The number of carbonyl (C=O) groups excluding carboxylic acids is 2. The molecule has 1 aliphatic carbocycles. The van der Waals surface area contributed by atoms with E-state index < -0.39 is 0 Å². The van der Waals surface area contributed by atoms with Crippen molar-refractivity contribution in [2.45, 2.75) is 51.7 Å². The van der Waals surface area contributed by atoms with Crippen molar-refractivity contribution in [2.24, 2.45) is 0 Å². The maximum Gasteiger partial charge on any atom is 0.257 e. The zero-order valence-electron chi connectivity index (χ0n) is 15.7. The highest BCUT2D eigenvalue weighted by atomic mass is 16.3. The summed E-state index contributed by atoms with van der Waals surface area (Å²) in [4.78, 5) is 29.7. The van der Waals surface area contributed by atoms with Gasteiger partial charge in [-0.3, -0.25) is 14.6 Å². The molecule has 3 N–H and O–H groups in total. The van der Waals surface area contributed by atoms with Crippen LogP contribution in [0.15, 0.2) is 36.4 Å². The van der Waals surface area contributed by atoms with Gasteiger partial charge in [0.15, 0.2) is 0 Å². The third kappa shape index (κ3) is 4.71. The van der Waals surface area contributed by atoms with Gasteiger partial charge in [-0.15, -0.1) is 0 Å². The van der Waals surface area contributed by atoms with Crippen molar-refractivity contribution in [3.05, 3.63) is 58.9 Å². The SMILES string of the molecule is Cc1ccc(C(=O)Nc2ccccc2C(=O)NC2CCC(O)CC2)c(C)n1. The lowest BCUT2D eigenvalue weighted by Crippen LogP contribution is -2.38. The normalized spacial score (nSPS) is 19.4. The van der Waals surface area contributed by atoms with Gasteiger partial charge < -0.3 is 15.7 Å². The van der Waals surface area contributed by atoms with E-state index in [2.05, 4.69) is 15.6 Å². The van der Waals surface area contributed by atoms with Crippen molar-refractivity contribution in [1.29, 1.82) is 0 Å². The number of rotatable bonds is 4. The summed E-state index contributed by atoms with van der Waals surface area (Å²) in [6.07, 6.45) is 2.65. The molecule has 0 radical (unpaired) electrons. The number of carbonyl (C=O) groups is 2. The number of hydrogen-bond acceptors (Lipinski definition) is 4. The molecule has 0 atom stereocenters. The number of nitrogens with one attached hydrogen (secondary N) is 2. The summed E-state index contributed by atoms with van der Waals surface area (Å²) in [5.41, 5.74) is 2.87. The Labute approximate surface area is 159 Å². The predicted molar refractivity (Wildman–Crippen MR) is 104 cm³/mol. The monoisotopic (exact) mass is 367 g/mol. The van der Waals surface area contributed by atoms with E-state index in [9.17, 15) is 14.7 Å². The van der Waals surface area contributed by atoms with Gasteiger partial charge in [-0.1, -0.05) is 12.1 Å². The summed E-state index contributed by atoms with van der Waals surface area (Å²) >= 11 is 0. The standard InChI is InChI=1S/C21H25N3O3/c1-13-7-12-17(14(2)22-13)20(26)24-19-6-4-3-5-18(19)21(27)23-15-8-10-16(25)11-9-15/h3-7,12,15-16,25H,8-11H2,1-2H3,(H,23,27)(H,24,26). The van der Waals surface area contributed by atoms with Crippen molar-refractivity contribution in [1.82, 2.24) is 10.3 Å². The van der Waals surface area contributed by atoms with Gasteiger partial charge in [0, 0.05) is 11.7 Å². The first kappa shape index (κ1) is 19.0. The molecule has 142 valence electrons. The number of amides is 2. The van der Waals surface area contributed by atoms with Crippen LogP contribution in [0.1, 0.15) is 57.8 Å². The number of benzene rings is 1. The van der Waals surface area contributed by atoms with Crippen LogP contribution < -0.4 is 10.6 Å². The first-order valence-corrected chi connectivity index (χ1v) is 9.27. The quantitative estimate of drug-likeness (QED) is 0.775. The van der Waals surface area contributed by atoms with Gasteiger partial charge in [0.2, 0.25) is 0 Å². The number of nitrogens with zero attached hydrogens (tertiary/aromatic N) is 1. The van der Waals surface area contributed by atoms with Crippen molar-refractivity contribution in [3.8, 4) is 0 Å². The van der Waals surface area contributed by atoms with Crippen LogP contribution in [0.3, 0.4) is 0 Å². The van der Waals surface area contributed by atoms with Crippen molar-refractivity contribution in [3.63, 3.8) is 0 Å². The van der Waals surface area contributed by atoms with Crippen LogP contribution in [0.25, 0.3) is 0 Å². The Morgan fingerprint density at radius 1 is 0.963 bits per heavy atom. The lowest BCUT2D eigenvalue weighted by Gasteiger charge is -2.26. The average molecular weight is 367 g/mol. The summed E-state index contributed by atoms with van der Waals surface area (Å²) in [5.74, 6) is -0.507. The highest BCUT2D eigenvalue weighted by Crippen LogP contribution is 2.21. The topological polar surface area (TPSA) is 91.3 Å². The van der Waals surface area contributed by atoms with Gasteiger partial charge in [0.05, 0.1) is 28.6 Å². The Kier molecular flexibility index (Phi) is 5.86. The molecule has 0 spiro atoms. The van der Waals surface area contributed by atoms with E-state index in [0.29, 0.717) is 35.3 Å². The summed E-state index contributed by atoms with van der Waals surface area (Å²) < 4.78 is 0. The second-order valence-electron chi connectivity index (χ2n) is 7.06. The van der Waals surface area contributed by atoms with Gasteiger partial charge in [0.1, 0.15) is 0 Å². The van der Waals surface area contributed by atoms with Crippen LogP contribution >= 0.6 is 0 Å². The van der Waals surface area contributed by atoms with E-state index in [1.807, 2.05) is 6.92 Å². The zero-order valence-corrected chi connectivity index (χ0v) is 15.7. The molecular formula is C21H25N3O3. The lowest BCUT2D eigenvalue weighted by molar-refractivity contribution is 0.0868. The lowest BCUT2D eigenvalue weighted by atomic mass is 9.93. The molecular weight excluding hydrogens is 342 g/mol. The Morgan fingerprint density at radius 3 is 2.37 bits per heavy atom. The molecule has 6 nitrogen and oxygen atoms in total. The molecule has 1 saturated carbocycles. The minimum Gasteiger partial charge on any atom is -0.393 e. The first-order valence-electron chi connectivity index (χ1n) is 9.27. The van der Waals surface area contributed by atoms with Gasteiger partial charge in [-0.25, -0.2) is 0 Å². The number of aryl methyl sites for hydroxylation is 2. The molecule has 1 heterocycles. The number of aromatic nitrogens is 1. The van der Waals surface area contributed by atoms with E-state index in [4.69, 9.17) is 0 Å². The molecule has 1 aromatic carbocycles. The third-order valence-corrected chi connectivity index (χ3v) is 4.92.